The van der Waals surface area contributed by atoms with E-state index in [1.807, 2.05) is 12.1 Å². The van der Waals surface area contributed by atoms with E-state index in [1.54, 1.807) is 0 Å². The van der Waals surface area contributed by atoms with Gasteiger partial charge < -0.3 is 13.9 Å². The minimum Gasteiger partial charge on any atom is -0.456 e. The first-order valence-electron chi connectivity index (χ1n) is 17.4. The van der Waals surface area contributed by atoms with Gasteiger partial charge in [-0.25, -0.2) is 0 Å². The Kier molecular flexibility index (Phi) is 5.96. The Hall–Kier alpha value is -6.84. The van der Waals surface area contributed by atoms with Crippen LogP contribution in [-0.4, -0.2) is 4.57 Å². The van der Waals surface area contributed by atoms with Crippen LogP contribution in [0.3, 0.4) is 0 Å². The topological polar surface area (TPSA) is 21.3 Å². The van der Waals surface area contributed by atoms with E-state index in [4.69, 9.17) is 4.42 Å². The molecule has 0 N–H and O–H groups in total. The predicted molar refractivity (Wildman–Crippen MR) is 215 cm³/mol. The van der Waals surface area contributed by atoms with Crippen molar-refractivity contribution in [1.29, 1.82) is 0 Å². The van der Waals surface area contributed by atoms with Crippen LogP contribution in [0.1, 0.15) is 0 Å². The zero-order valence-corrected chi connectivity index (χ0v) is 27.6. The van der Waals surface area contributed by atoms with Crippen molar-refractivity contribution < 1.29 is 4.42 Å². The number of rotatable bonds is 4. The van der Waals surface area contributed by atoms with Gasteiger partial charge in [0.15, 0.2) is 0 Å². The number of benzene rings is 9. The van der Waals surface area contributed by atoms with Crippen molar-refractivity contribution >= 4 is 93.1 Å². The predicted octanol–water partition coefficient (Wildman–Crippen LogP) is 13.6. The third kappa shape index (κ3) is 4.19. The van der Waals surface area contributed by atoms with Gasteiger partial charge in [0.2, 0.25) is 0 Å². The maximum Gasteiger partial charge on any atom is 0.135 e. The minimum atomic E-state index is 0.885. The number of fused-ring (bicyclic) bond motifs is 11. The third-order valence-corrected chi connectivity index (χ3v) is 10.5. The van der Waals surface area contributed by atoms with E-state index in [0.717, 1.165) is 44.7 Å². The highest BCUT2D eigenvalue weighted by molar-refractivity contribution is 6.19. The molecule has 3 nitrogen and oxygen atoms in total. The van der Waals surface area contributed by atoms with Crippen LogP contribution in [0.2, 0.25) is 0 Å². The van der Waals surface area contributed by atoms with Crippen LogP contribution < -0.4 is 4.90 Å². The maximum atomic E-state index is 6.29. The summed E-state index contributed by atoms with van der Waals surface area (Å²) in [5.41, 5.74) is 8.56. The molecule has 238 valence electrons. The lowest BCUT2D eigenvalue weighted by atomic mass is 9.96. The highest BCUT2D eigenvalue weighted by Gasteiger charge is 2.22. The van der Waals surface area contributed by atoms with Crippen LogP contribution in [0.4, 0.5) is 17.1 Å². The first kappa shape index (κ1) is 28.0. The van der Waals surface area contributed by atoms with Gasteiger partial charge >= 0.3 is 0 Å². The molecule has 0 saturated heterocycles. The molecule has 0 spiro atoms. The first-order valence-corrected chi connectivity index (χ1v) is 17.4. The van der Waals surface area contributed by atoms with Crippen molar-refractivity contribution in [1.82, 2.24) is 4.57 Å². The van der Waals surface area contributed by atoms with Crippen LogP contribution in [-0.2, 0) is 0 Å². The molecular formula is C48H30N2O. The molecule has 2 heterocycles. The Balaban J connectivity index is 1.21. The Bertz CT molecular complexity index is 3150. The number of hydrogen-bond acceptors (Lipinski definition) is 2. The molecule has 0 radical (unpaired) electrons. The molecule has 51 heavy (non-hydrogen) atoms. The highest BCUT2D eigenvalue weighted by atomic mass is 16.3. The van der Waals surface area contributed by atoms with Crippen molar-refractivity contribution in [3.8, 4) is 5.69 Å². The molecule has 9 aromatic carbocycles. The fourth-order valence-corrected chi connectivity index (χ4v) is 8.28. The van der Waals surface area contributed by atoms with Gasteiger partial charge in [-0.2, -0.15) is 0 Å². The largest absolute Gasteiger partial charge is 0.456 e. The monoisotopic (exact) mass is 650 g/mol. The summed E-state index contributed by atoms with van der Waals surface area (Å²) >= 11 is 0. The van der Waals surface area contributed by atoms with Gasteiger partial charge in [-0.1, -0.05) is 115 Å². The molecule has 0 aliphatic rings. The van der Waals surface area contributed by atoms with E-state index >= 15 is 0 Å². The number of aromatic nitrogens is 1. The SMILES string of the molecule is c1ccc(-n2c3ccccc3c3c(N(c4ccc5c(ccc6c7ccccc7ccc56)c4)c4ccc5oc6ccccc6c5c4)cccc32)cc1. The number of hydrogen-bond donors (Lipinski definition) is 0. The zero-order chi connectivity index (χ0) is 33.5. The van der Waals surface area contributed by atoms with E-state index in [1.165, 1.54) is 54.1 Å². The van der Waals surface area contributed by atoms with Gasteiger partial charge in [0, 0.05) is 38.6 Å². The highest BCUT2D eigenvalue weighted by Crippen LogP contribution is 2.46. The molecule has 0 atom stereocenters. The van der Waals surface area contributed by atoms with Crippen LogP contribution in [0.5, 0.6) is 0 Å². The molecule has 0 bridgehead atoms. The van der Waals surface area contributed by atoms with Crippen LogP contribution in [0.15, 0.2) is 186 Å². The fraction of sp³-hybridized carbons (Fsp3) is 0. The number of furan rings is 1. The third-order valence-electron chi connectivity index (χ3n) is 10.5. The maximum absolute atomic E-state index is 6.29. The second-order valence-electron chi connectivity index (χ2n) is 13.3. The van der Waals surface area contributed by atoms with Crippen molar-refractivity contribution in [2.75, 3.05) is 4.90 Å². The molecule has 0 amide bonds. The molecule has 0 aliphatic heterocycles. The average molecular weight is 651 g/mol. The summed E-state index contributed by atoms with van der Waals surface area (Å²) in [4.78, 5) is 2.43. The van der Waals surface area contributed by atoms with Gasteiger partial charge in [0.05, 0.1) is 16.7 Å². The molecule has 0 aliphatic carbocycles. The molecule has 11 aromatic rings. The molecule has 3 heteroatoms. The lowest BCUT2D eigenvalue weighted by molar-refractivity contribution is 0.669. The van der Waals surface area contributed by atoms with Crippen molar-refractivity contribution in [2.24, 2.45) is 0 Å². The van der Waals surface area contributed by atoms with Crippen molar-refractivity contribution in [3.05, 3.63) is 182 Å². The van der Waals surface area contributed by atoms with E-state index in [-0.39, 0.29) is 0 Å². The molecule has 2 aromatic heterocycles. The van der Waals surface area contributed by atoms with Crippen molar-refractivity contribution in [2.45, 2.75) is 0 Å². The van der Waals surface area contributed by atoms with E-state index < -0.39 is 0 Å². The smallest absolute Gasteiger partial charge is 0.135 e. The average Bonchev–Trinajstić information content (AvgIpc) is 3.74. The molecule has 0 unspecified atom stereocenters. The van der Waals surface area contributed by atoms with E-state index in [2.05, 4.69) is 179 Å². The molecule has 0 fully saturated rings. The Morgan fingerprint density at radius 2 is 1.00 bits per heavy atom. The fourth-order valence-electron chi connectivity index (χ4n) is 8.28. The van der Waals surface area contributed by atoms with Gasteiger partial charge in [-0.3, -0.25) is 0 Å². The standard InChI is InChI=1S/C48H30N2O/c1-2-12-33(13-3-1)50-43-17-8-6-16-41(43)48-44(18-10-19-45(48)50)49(35-24-28-47-42(30-35)40-15-7-9-20-46(40)51-47)34-23-27-37-32(29-34)22-26-38-36-14-5-4-11-31(36)21-25-39(37)38/h1-30H. The lowest BCUT2D eigenvalue weighted by Crippen LogP contribution is -2.10. The molecule has 11 rings (SSSR count). The summed E-state index contributed by atoms with van der Waals surface area (Å²) in [7, 11) is 0. The normalized spacial score (nSPS) is 11.9. The Morgan fingerprint density at radius 3 is 1.88 bits per heavy atom. The van der Waals surface area contributed by atoms with Gasteiger partial charge in [0.25, 0.3) is 0 Å². The second-order valence-corrected chi connectivity index (χ2v) is 13.3. The van der Waals surface area contributed by atoms with E-state index in [9.17, 15) is 0 Å². The van der Waals surface area contributed by atoms with Crippen molar-refractivity contribution in [3.63, 3.8) is 0 Å². The first-order chi connectivity index (χ1) is 25.3. The summed E-state index contributed by atoms with van der Waals surface area (Å²) < 4.78 is 8.67. The second kappa shape index (κ2) is 10.8. The molecular weight excluding hydrogens is 621 g/mol. The summed E-state index contributed by atoms with van der Waals surface area (Å²) in [5.74, 6) is 0. The minimum absolute atomic E-state index is 0.885. The number of anilines is 3. The summed E-state index contributed by atoms with van der Waals surface area (Å²) in [6.07, 6.45) is 0. The van der Waals surface area contributed by atoms with Crippen LogP contribution in [0, 0.1) is 0 Å². The summed E-state index contributed by atoms with van der Waals surface area (Å²) in [6.45, 7) is 0. The van der Waals surface area contributed by atoms with E-state index in [0.29, 0.717) is 0 Å². The number of nitrogens with zero attached hydrogens (tertiary/aromatic N) is 2. The van der Waals surface area contributed by atoms with Crippen LogP contribution in [0.25, 0.3) is 81.7 Å². The van der Waals surface area contributed by atoms with Crippen LogP contribution >= 0.6 is 0 Å². The quantitative estimate of drug-likeness (QED) is 0.177. The van der Waals surface area contributed by atoms with Gasteiger partial charge in [-0.05, 0) is 99.0 Å². The Labute approximate surface area is 293 Å². The summed E-state index contributed by atoms with van der Waals surface area (Å²) in [6, 6.07) is 65.7. The van der Waals surface area contributed by atoms with Gasteiger partial charge in [0.1, 0.15) is 11.2 Å². The lowest BCUT2D eigenvalue weighted by Gasteiger charge is -2.27. The Morgan fingerprint density at radius 1 is 0.373 bits per heavy atom. The van der Waals surface area contributed by atoms with Gasteiger partial charge in [-0.15, -0.1) is 0 Å². The summed E-state index contributed by atoms with van der Waals surface area (Å²) in [5, 5.41) is 12.2. The number of para-hydroxylation sites is 3. The molecule has 0 saturated carbocycles. The zero-order valence-electron chi connectivity index (χ0n) is 27.6.